The van der Waals surface area contributed by atoms with E-state index in [-0.39, 0.29) is 17.6 Å². The molecule has 0 aromatic carbocycles. The van der Waals surface area contributed by atoms with Gasteiger partial charge in [-0.25, -0.2) is 15.0 Å². The standard InChI is InChI=1S/C26H34N4O3S3/c1-14(2)9-18-17-12-33-26(3,4)10-16(17)20-21-22(36-23(20)28-18)24(30-25(29-21)34-5)35-13-19(31)27-11-15-7-6-8-32-15/h14-15H,6-13H2,1-5H3,(H,27,31)/t15-/m1/s1. The van der Waals surface area contributed by atoms with Crippen molar-refractivity contribution < 1.29 is 14.3 Å². The quantitative estimate of drug-likeness (QED) is 0.228. The van der Waals surface area contributed by atoms with Crippen LogP contribution in [0.4, 0.5) is 0 Å². The zero-order valence-corrected chi connectivity index (χ0v) is 24.1. The van der Waals surface area contributed by atoms with E-state index in [0.717, 1.165) is 68.6 Å². The number of rotatable bonds is 8. The number of carbonyl (C=O) groups excluding carboxylic acids is 1. The summed E-state index contributed by atoms with van der Waals surface area (Å²) >= 11 is 4.65. The fraction of sp³-hybridized carbons (Fsp3) is 0.615. The maximum atomic E-state index is 12.6. The Morgan fingerprint density at radius 3 is 2.81 bits per heavy atom. The first-order valence-electron chi connectivity index (χ1n) is 12.6. The molecule has 0 spiro atoms. The van der Waals surface area contributed by atoms with E-state index < -0.39 is 0 Å². The lowest BCUT2D eigenvalue weighted by Crippen LogP contribution is -2.33. The molecule has 194 valence electrons. The number of hydrogen-bond acceptors (Lipinski definition) is 9. The van der Waals surface area contributed by atoms with Gasteiger partial charge in [0, 0.05) is 36.2 Å². The number of aromatic nitrogens is 3. The van der Waals surface area contributed by atoms with Crippen LogP contribution in [-0.2, 0) is 33.7 Å². The van der Waals surface area contributed by atoms with Crippen molar-refractivity contribution in [2.24, 2.45) is 5.92 Å². The normalized spacial score (nSPS) is 19.3. The molecule has 0 saturated carbocycles. The number of pyridine rings is 1. The highest BCUT2D eigenvalue weighted by Gasteiger charge is 2.32. The van der Waals surface area contributed by atoms with Gasteiger partial charge in [-0.2, -0.15) is 0 Å². The highest BCUT2D eigenvalue weighted by atomic mass is 32.2. The molecule has 2 aliphatic rings. The van der Waals surface area contributed by atoms with Gasteiger partial charge in [0.2, 0.25) is 5.91 Å². The molecule has 0 aliphatic carbocycles. The monoisotopic (exact) mass is 546 g/mol. The molecule has 36 heavy (non-hydrogen) atoms. The second kappa shape index (κ2) is 10.7. The van der Waals surface area contributed by atoms with Crippen molar-refractivity contribution in [3.05, 3.63) is 16.8 Å². The fourth-order valence-electron chi connectivity index (χ4n) is 4.86. The van der Waals surface area contributed by atoms with E-state index in [0.29, 0.717) is 24.8 Å². The maximum absolute atomic E-state index is 12.6. The topological polar surface area (TPSA) is 86.2 Å². The molecule has 1 atom stereocenters. The highest BCUT2D eigenvalue weighted by molar-refractivity contribution is 8.00. The molecule has 3 aromatic heterocycles. The molecule has 0 radical (unpaired) electrons. The Balaban J connectivity index is 1.52. The second-order valence-electron chi connectivity index (χ2n) is 10.5. The first-order chi connectivity index (χ1) is 17.2. The lowest BCUT2D eigenvalue weighted by Gasteiger charge is -2.33. The van der Waals surface area contributed by atoms with Crippen LogP contribution in [0.2, 0.25) is 0 Å². The van der Waals surface area contributed by atoms with Crippen LogP contribution in [0.1, 0.15) is 57.4 Å². The van der Waals surface area contributed by atoms with Gasteiger partial charge >= 0.3 is 0 Å². The van der Waals surface area contributed by atoms with Crippen LogP contribution in [0.15, 0.2) is 10.2 Å². The van der Waals surface area contributed by atoms with Crippen molar-refractivity contribution >= 4 is 61.2 Å². The third-order valence-electron chi connectivity index (χ3n) is 6.60. The van der Waals surface area contributed by atoms with Gasteiger partial charge in [-0.15, -0.1) is 11.3 Å². The Morgan fingerprint density at radius 2 is 2.08 bits per heavy atom. The van der Waals surface area contributed by atoms with Crippen molar-refractivity contribution in [3.8, 4) is 0 Å². The average molecular weight is 547 g/mol. The fourth-order valence-corrected chi connectivity index (χ4v) is 7.38. The minimum Gasteiger partial charge on any atom is -0.376 e. The number of ether oxygens (including phenoxy) is 2. The maximum Gasteiger partial charge on any atom is 0.230 e. The van der Waals surface area contributed by atoms with Gasteiger partial charge in [-0.1, -0.05) is 37.4 Å². The van der Waals surface area contributed by atoms with E-state index >= 15 is 0 Å². The van der Waals surface area contributed by atoms with Crippen molar-refractivity contribution in [3.63, 3.8) is 0 Å². The zero-order chi connectivity index (χ0) is 25.4. The molecule has 1 N–H and O–H groups in total. The van der Waals surface area contributed by atoms with Gasteiger partial charge in [0.1, 0.15) is 9.86 Å². The molecule has 1 saturated heterocycles. The summed E-state index contributed by atoms with van der Waals surface area (Å²) in [6.07, 6.45) is 5.95. The third-order valence-corrected chi connectivity index (χ3v) is 9.33. The molecule has 10 heteroatoms. The molecule has 0 bridgehead atoms. The summed E-state index contributed by atoms with van der Waals surface area (Å²) in [5.41, 5.74) is 4.39. The number of amides is 1. The van der Waals surface area contributed by atoms with E-state index in [2.05, 4.69) is 33.0 Å². The van der Waals surface area contributed by atoms with E-state index in [1.165, 1.54) is 34.7 Å². The average Bonchev–Trinajstić information content (AvgIpc) is 3.47. The summed E-state index contributed by atoms with van der Waals surface area (Å²) < 4.78 is 12.9. The molecule has 2 aliphatic heterocycles. The predicted molar refractivity (Wildman–Crippen MR) is 148 cm³/mol. The molecule has 3 aromatic rings. The molecule has 1 amide bonds. The van der Waals surface area contributed by atoms with Gasteiger partial charge in [-0.05, 0) is 50.8 Å². The SMILES string of the molecule is CSc1nc(SCC(=O)NC[C@H]2CCCO2)c2sc3nc(CC(C)C)c4c(c3c2n1)CC(C)(C)OC4. The Bertz CT molecular complexity index is 1280. The minimum absolute atomic E-state index is 0.00250. The van der Waals surface area contributed by atoms with Crippen LogP contribution in [0.3, 0.4) is 0 Å². The summed E-state index contributed by atoms with van der Waals surface area (Å²) in [6, 6.07) is 0. The van der Waals surface area contributed by atoms with Gasteiger partial charge in [0.05, 0.1) is 34.3 Å². The first kappa shape index (κ1) is 26.2. The van der Waals surface area contributed by atoms with Crippen LogP contribution in [0.25, 0.3) is 20.4 Å². The number of nitrogens with zero attached hydrogens (tertiary/aromatic N) is 3. The van der Waals surface area contributed by atoms with Crippen molar-refractivity contribution in [2.75, 3.05) is 25.2 Å². The Labute approximate surface area is 224 Å². The molecule has 7 nitrogen and oxygen atoms in total. The van der Waals surface area contributed by atoms with Gasteiger partial charge in [-0.3, -0.25) is 4.79 Å². The van der Waals surface area contributed by atoms with Gasteiger partial charge in [0.15, 0.2) is 5.16 Å². The van der Waals surface area contributed by atoms with E-state index in [9.17, 15) is 4.79 Å². The molecular weight excluding hydrogens is 513 g/mol. The van der Waals surface area contributed by atoms with Crippen LogP contribution in [0.5, 0.6) is 0 Å². The van der Waals surface area contributed by atoms with E-state index in [1.54, 1.807) is 11.3 Å². The van der Waals surface area contributed by atoms with E-state index in [4.69, 9.17) is 24.4 Å². The second-order valence-corrected chi connectivity index (χ2v) is 13.3. The summed E-state index contributed by atoms with van der Waals surface area (Å²) in [7, 11) is 0. The number of thioether (sulfide) groups is 2. The zero-order valence-electron chi connectivity index (χ0n) is 21.6. The van der Waals surface area contributed by atoms with Crippen LogP contribution in [0, 0.1) is 5.92 Å². The lowest BCUT2D eigenvalue weighted by molar-refractivity contribution is -0.119. The van der Waals surface area contributed by atoms with Crippen molar-refractivity contribution in [1.82, 2.24) is 20.3 Å². The summed E-state index contributed by atoms with van der Waals surface area (Å²) in [4.78, 5) is 28.5. The number of carbonyl (C=O) groups is 1. The number of hydrogen-bond donors (Lipinski definition) is 1. The lowest BCUT2D eigenvalue weighted by atomic mass is 9.88. The number of fused-ring (bicyclic) bond motifs is 5. The first-order valence-corrected chi connectivity index (χ1v) is 15.6. The Kier molecular flexibility index (Phi) is 7.79. The summed E-state index contributed by atoms with van der Waals surface area (Å²) in [6.45, 7) is 10.7. The number of thiophene rings is 1. The van der Waals surface area contributed by atoms with Crippen LogP contribution in [-0.4, -0.2) is 57.7 Å². The van der Waals surface area contributed by atoms with E-state index in [1.807, 2.05) is 6.26 Å². The van der Waals surface area contributed by atoms with Crippen LogP contribution < -0.4 is 5.32 Å². The number of nitrogens with one attached hydrogen (secondary N) is 1. The van der Waals surface area contributed by atoms with Crippen LogP contribution >= 0.6 is 34.9 Å². The predicted octanol–water partition coefficient (Wildman–Crippen LogP) is 5.40. The van der Waals surface area contributed by atoms with Crippen molar-refractivity contribution in [1.29, 1.82) is 0 Å². The molecule has 5 rings (SSSR count). The largest absolute Gasteiger partial charge is 0.376 e. The van der Waals surface area contributed by atoms with Gasteiger partial charge in [0.25, 0.3) is 0 Å². The molecule has 1 fully saturated rings. The summed E-state index contributed by atoms with van der Waals surface area (Å²) in [5.74, 6) is 0.819. The third kappa shape index (κ3) is 5.53. The summed E-state index contributed by atoms with van der Waals surface area (Å²) in [5, 5.41) is 5.72. The smallest absolute Gasteiger partial charge is 0.230 e. The highest BCUT2D eigenvalue weighted by Crippen LogP contribution is 2.43. The Morgan fingerprint density at radius 1 is 1.25 bits per heavy atom. The van der Waals surface area contributed by atoms with Gasteiger partial charge < -0.3 is 14.8 Å². The minimum atomic E-state index is -0.237. The molecule has 0 unspecified atom stereocenters. The molecule has 5 heterocycles. The van der Waals surface area contributed by atoms with Crippen molar-refractivity contribution in [2.45, 2.75) is 81.9 Å². The molecular formula is C26H34N4O3S3. The Hall–Kier alpha value is -1.46.